The maximum Gasteiger partial charge on any atom is 0.251 e. The molecule has 0 radical (unpaired) electrons. The van der Waals surface area contributed by atoms with Crippen molar-refractivity contribution in [1.82, 2.24) is 5.32 Å². The summed E-state index contributed by atoms with van der Waals surface area (Å²) < 4.78 is 0. The van der Waals surface area contributed by atoms with E-state index in [9.17, 15) is 4.79 Å². The molecular weight excluding hydrogens is 194 g/mol. The fourth-order valence-corrected chi connectivity index (χ4v) is 1.42. The summed E-state index contributed by atoms with van der Waals surface area (Å²) >= 11 is 4.17. The molecule has 2 nitrogen and oxygen atoms in total. The van der Waals surface area contributed by atoms with E-state index in [4.69, 9.17) is 0 Å². The molecule has 1 aromatic carbocycles. The molecular formula is C11H13NOS. The Morgan fingerprint density at radius 2 is 1.93 bits per heavy atom. The van der Waals surface area contributed by atoms with Gasteiger partial charge < -0.3 is 5.32 Å². The second kappa shape index (κ2) is 3.31. The van der Waals surface area contributed by atoms with Crippen molar-refractivity contribution in [1.29, 1.82) is 0 Å². The largest absolute Gasteiger partial charge is 0.347 e. The monoisotopic (exact) mass is 207 g/mol. The van der Waals surface area contributed by atoms with Crippen LogP contribution >= 0.6 is 12.6 Å². The van der Waals surface area contributed by atoms with Crippen LogP contribution in [0.15, 0.2) is 29.2 Å². The third kappa shape index (κ3) is 2.10. The SMILES string of the molecule is CC1(NC(=O)c2ccc(S)cc2)CC1. The van der Waals surface area contributed by atoms with Gasteiger partial charge in [0.1, 0.15) is 0 Å². The fraction of sp³-hybridized carbons (Fsp3) is 0.364. The van der Waals surface area contributed by atoms with Crippen LogP contribution in [0, 0.1) is 0 Å². The molecule has 0 aliphatic heterocycles. The zero-order valence-electron chi connectivity index (χ0n) is 8.08. The summed E-state index contributed by atoms with van der Waals surface area (Å²) in [5, 5.41) is 3.00. The average molecular weight is 207 g/mol. The number of carbonyl (C=O) groups is 1. The van der Waals surface area contributed by atoms with Crippen LogP contribution in [0.5, 0.6) is 0 Å². The molecule has 0 bridgehead atoms. The maximum atomic E-state index is 11.7. The average Bonchev–Trinajstić information content (AvgIpc) is 2.84. The molecule has 1 amide bonds. The van der Waals surface area contributed by atoms with Gasteiger partial charge in [0, 0.05) is 16.0 Å². The van der Waals surface area contributed by atoms with Crippen molar-refractivity contribution in [2.24, 2.45) is 0 Å². The molecule has 3 heteroatoms. The van der Waals surface area contributed by atoms with E-state index < -0.39 is 0 Å². The van der Waals surface area contributed by atoms with Gasteiger partial charge in [-0.3, -0.25) is 4.79 Å². The first kappa shape index (κ1) is 9.59. The first-order valence-electron chi connectivity index (χ1n) is 4.71. The van der Waals surface area contributed by atoms with Gasteiger partial charge in [-0.25, -0.2) is 0 Å². The van der Waals surface area contributed by atoms with Crippen molar-refractivity contribution in [3.63, 3.8) is 0 Å². The minimum atomic E-state index is 0.0123. The third-order valence-electron chi connectivity index (χ3n) is 2.54. The van der Waals surface area contributed by atoms with E-state index in [2.05, 4.69) is 24.9 Å². The number of amides is 1. The molecule has 0 aromatic heterocycles. The Hall–Kier alpha value is -0.960. The van der Waals surface area contributed by atoms with Crippen molar-refractivity contribution in [2.45, 2.75) is 30.2 Å². The standard InChI is InChI=1S/C11H13NOS/c1-11(6-7-11)12-10(13)8-2-4-9(14)5-3-8/h2-5,14H,6-7H2,1H3,(H,12,13). The van der Waals surface area contributed by atoms with Crippen molar-refractivity contribution < 1.29 is 4.79 Å². The molecule has 1 aliphatic rings. The molecule has 0 saturated heterocycles. The Bertz CT molecular complexity index is 354. The molecule has 1 aromatic rings. The Morgan fingerprint density at radius 1 is 1.36 bits per heavy atom. The lowest BCUT2D eigenvalue weighted by Crippen LogP contribution is -2.34. The molecule has 14 heavy (non-hydrogen) atoms. The number of rotatable bonds is 2. The molecule has 2 rings (SSSR count). The van der Waals surface area contributed by atoms with Crippen LogP contribution in [0.25, 0.3) is 0 Å². The van der Waals surface area contributed by atoms with Crippen LogP contribution in [0.1, 0.15) is 30.1 Å². The van der Waals surface area contributed by atoms with E-state index in [0.717, 1.165) is 17.7 Å². The van der Waals surface area contributed by atoms with Crippen LogP contribution in [-0.4, -0.2) is 11.4 Å². The van der Waals surface area contributed by atoms with Gasteiger partial charge in [-0.15, -0.1) is 12.6 Å². The number of hydrogen-bond acceptors (Lipinski definition) is 2. The molecule has 74 valence electrons. The molecule has 1 N–H and O–H groups in total. The fourth-order valence-electron chi connectivity index (χ4n) is 1.27. The van der Waals surface area contributed by atoms with Crippen LogP contribution in [-0.2, 0) is 0 Å². The van der Waals surface area contributed by atoms with E-state index in [1.807, 2.05) is 12.1 Å². The zero-order chi connectivity index (χ0) is 10.2. The summed E-state index contributed by atoms with van der Waals surface area (Å²) in [6, 6.07) is 7.24. The predicted molar refractivity (Wildman–Crippen MR) is 58.8 cm³/mol. The van der Waals surface area contributed by atoms with Gasteiger partial charge in [0.15, 0.2) is 0 Å². The highest BCUT2D eigenvalue weighted by molar-refractivity contribution is 7.80. The summed E-state index contributed by atoms with van der Waals surface area (Å²) in [5.74, 6) is 0.0123. The molecule has 0 unspecified atom stereocenters. The summed E-state index contributed by atoms with van der Waals surface area (Å²) in [6.45, 7) is 2.07. The van der Waals surface area contributed by atoms with Gasteiger partial charge in [-0.1, -0.05) is 0 Å². The first-order chi connectivity index (χ1) is 6.59. The number of nitrogens with one attached hydrogen (secondary N) is 1. The lowest BCUT2D eigenvalue weighted by atomic mass is 10.2. The summed E-state index contributed by atoms with van der Waals surface area (Å²) in [4.78, 5) is 12.5. The smallest absolute Gasteiger partial charge is 0.251 e. The number of carbonyl (C=O) groups excluding carboxylic acids is 1. The van der Waals surface area contributed by atoms with Crippen molar-refractivity contribution in [3.05, 3.63) is 29.8 Å². The Balaban J connectivity index is 2.07. The zero-order valence-corrected chi connectivity index (χ0v) is 8.97. The topological polar surface area (TPSA) is 29.1 Å². The van der Waals surface area contributed by atoms with Crippen LogP contribution in [0.2, 0.25) is 0 Å². The predicted octanol–water partition coefficient (Wildman–Crippen LogP) is 2.26. The molecule has 0 spiro atoms. The highest BCUT2D eigenvalue weighted by Gasteiger charge is 2.38. The minimum Gasteiger partial charge on any atom is -0.347 e. The van der Waals surface area contributed by atoms with Crippen molar-refractivity contribution in [3.8, 4) is 0 Å². The Morgan fingerprint density at radius 3 is 2.43 bits per heavy atom. The Labute approximate surface area is 89.1 Å². The molecule has 1 saturated carbocycles. The molecule has 1 fully saturated rings. The molecule has 1 aliphatic carbocycles. The number of benzene rings is 1. The lowest BCUT2D eigenvalue weighted by molar-refractivity contribution is 0.0935. The van der Waals surface area contributed by atoms with Crippen LogP contribution in [0.4, 0.5) is 0 Å². The van der Waals surface area contributed by atoms with E-state index >= 15 is 0 Å². The lowest BCUT2D eigenvalue weighted by Gasteiger charge is -2.11. The quantitative estimate of drug-likeness (QED) is 0.716. The molecule has 0 atom stereocenters. The summed E-state index contributed by atoms with van der Waals surface area (Å²) in [6.07, 6.45) is 2.17. The van der Waals surface area contributed by atoms with Gasteiger partial charge in [-0.2, -0.15) is 0 Å². The summed E-state index contributed by atoms with van der Waals surface area (Å²) in [5.41, 5.74) is 0.757. The van der Waals surface area contributed by atoms with Gasteiger partial charge >= 0.3 is 0 Å². The minimum absolute atomic E-state index is 0.0123. The second-order valence-electron chi connectivity index (χ2n) is 4.06. The van der Waals surface area contributed by atoms with Crippen LogP contribution in [0.3, 0.4) is 0 Å². The number of hydrogen-bond donors (Lipinski definition) is 2. The second-order valence-corrected chi connectivity index (χ2v) is 4.58. The highest BCUT2D eigenvalue weighted by atomic mass is 32.1. The van der Waals surface area contributed by atoms with Gasteiger partial charge in [-0.05, 0) is 44.0 Å². The van der Waals surface area contributed by atoms with Crippen molar-refractivity contribution >= 4 is 18.5 Å². The highest BCUT2D eigenvalue weighted by Crippen LogP contribution is 2.34. The molecule has 0 heterocycles. The number of thiol groups is 1. The van der Waals surface area contributed by atoms with Gasteiger partial charge in [0.2, 0.25) is 0 Å². The van der Waals surface area contributed by atoms with Gasteiger partial charge in [0.05, 0.1) is 0 Å². The maximum absolute atomic E-state index is 11.7. The van der Waals surface area contributed by atoms with E-state index in [1.165, 1.54) is 0 Å². The normalized spacial score (nSPS) is 17.6. The van der Waals surface area contributed by atoms with Crippen molar-refractivity contribution in [2.75, 3.05) is 0 Å². The first-order valence-corrected chi connectivity index (χ1v) is 5.15. The van der Waals surface area contributed by atoms with E-state index in [-0.39, 0.29) is 11.4 Å². The third-order valence-corrected chi connectivity index (χ3v) is 2.84. The summed E-state index contributed by atoms with van der Waals surface area (Å²) in [7, 11) is 0. The van der Waals surface area contributed by atoms with E-state index in [1.54, 1.807) is 12.1 Å². The Kier molecular flexibility index (Phi) is 2.27. The van der Waals surface area contributed by atoms with E-state index in [0.29, 0.717) is 5.56 Å². The van der Waals surface area contributed by atoms with Gasteiger partial charge in [0.25, 0.3) is 5.91 Å². The van der Waals surface area contributed by atoms with Crippen LogP contribution < -0.4 is 5.32 Å².